The predicted octanol–water partition coefficient (Wildman–Crippen LogP) is 1.66. The molecule has 0 radical (unpaired) electrons. The van der Waals surface area contributed by atoms with E-state index in [1.165, 1.54) is 0 Å². The van der Waals surface area contributed by atoms with Gasteiger partial charge in [0.15, 0.2) is 0 Å². The quantitative estimate of drug-likeness (QED) is 0.819. The van der Waals surface area contributed by atoms with Crippen molar-refractivity contribution in [3.8, 4) is 5.75 Å². The van der Waals surface area contributed by atoms with Crippen LogP contribution < -0.4 is 4.74 Å². The number of nitrogens with zero attached hydrogens (tertiary/aromatic N) is 1. The van der Waals surface area contributed by atoms with Crippen LogP contribution >= 0.6 is 0 Å². The number of aryl methyl sites for hydroxylation is 1. The first-order valence-electron chi connectivity index (χ1n) is 4.77. The number of rotatable bonds is 4. The Morgan fingerprint density at radius 3 is 2.80 bits per heavy atom. The molecule has 1 heterocycles. The van der Waals surface area contributed by atoms with E-state index in [4.69, 9.17) is 9.84 Å². The van der Waals surface area contributed by atoms with E-state index in [1.54, 1.807) is 20.1 Å². The number of hydrogen-bond acceptors (Lipinski definition) is 3. The standard InChI is InChI=1S/C11H15NO3/c1-7(11(13)14)4-9-6-10(15-3)5-8(2)12-9/h5-7H,4H2,1-3H3,(H,13,14). The van der Waals surface area contributed by atoms with E-state index in [-0.39, 0.29) is 0 Å². The molecule has 0 fully saturated rings. The molecule has 0 bridgehead atoms. The van der Waals surface area contributed by atoms with Crippen molar-refractivity contribution in [2.75, 3.05) is 7.11 Å². The van der Waals surface area contributed by atoms with Gasteiger partial charge < -0.3 is 9.84 Å². The summed E-state index contributed by atoms with van der Waals surface area (Å²) in [6.45, 7) is 3.52. The summed E-state index contributed by atoms with van der Waals surface area (Å²) in [4.78, 5) is 14.9. The lowest BCUT2D eigenvalue weighted by molar-refractivity contribution is -0.141. The van der Waals surface area contributed by atoms with E-state index >= 15 is 0 Å². The molecule has 1 atom stereocenters. The van der Waals surface area contributed by atoms with E-state index in [0.29, 0.717) is 6.42 Å². The molecule has 0 spiro atoms. The van der Waals surface area contributed by atoms with Crippen molar-refractivity contribution in [3.63, 3.8) is 0 Å². The maximum absolute atomic E-state index is 10.7. The van der Waals surface area contributed by atoms with Gasteiger partial charge in [0.1, 0.15) is 5.75 Å². The zero-order valence-electron chi connectivity index (χ0n) is 9.15. The number of ether oxygens (including phenoxy) is 1. The van der Waals surface area contributed by atoms with E-state index in [9.17, 15) is 4.79 Å². The summed E-state index contributed by atoms with van der Waals surface area (Å²) >= 11 is 0. The van der Waals surface area contributed by atoms with Crippen LogP contribution in [0.3, 0.4) is 0 Å². The first-order valence-corrected chi connectivity index (χ1v) is 4.77. The Balaban J connectivity index is 2.85. The summed E-state index contributed by atoms with van der Waals surface area (Å²) in [5, 5.41) is 8.78. The molecule has 0 saturated heterocycles. The number of aromatic nitrogens is 1. The zero-order valence-corrected chi connectivity index (χ0v) is 9.15. The van der Waals surface area contributed by atoms with Crippen molar-refractivity contribution in [1.82, 2.24) is 4.98 Å². The van der Waals surface area contributed by atoms with Crippen LogP contribution in [0.5, 0.6) is 5.75 Å². The van der Waals surface area contributed by atoms with Gasteiger partial charge in [-0.25, -0.2) is 0 Å². The molecule has 1 rings (SSSR count). The van der Waals surface area contributed by atoms with Crippen LogP contribution in [0.25, 0.3) is 0 Å². The third kappa shape index (κ3) is 3.23. The third-order valence-electron chi connectivity index (χ3n) is 2.15. The topological polar surface area (TPSA) is 59.4 Å². The highest BCUT2D eigenvalue weighted by molar-refractivity contribution is 5.69. The minimum absolute atomic E-state index is 0.424. The minimum atomic E-state index is -0.808. The van der Waals surface area contributed by atoms with Crippen LogP contribution in [0, 0.1) is 12.8 Å². The molecular weight excluding hydrogens is 194 g/mol. The molecule has 0 aliphatic heterocycles. The fourth-order valence-corrected chi connectivity index (χ4v) is 1.33. The van der Waals surface area contributed by atoms with Crippen molar-refractivity contribution in [2.45, 2.75) is 20.3 Å². The number of pyridine rings is 1. The highest BCUT2D eigenvalue weighted by Gasteiger charge is 2.13. The van der Waals surface area contributed by atoms with Gasteiger partial charge in [-0.05, 0) is 6.92 Å². The smallest absolute Gasteiger partial charge is 0.306 e. The van der Waals surface area contributed by atoms with Gasteiger partial charge in [0.25, 0.3) is 0 Å². The molecule has 0 aliphatic carbocycles. The number of methoxy groups -OCH3 is 1. The van der Waals surface area contributed by atoms with Crippen molar-refractivity contribution in [3.05, 3.63) is 23.5 Å². The Labute approximate surface area is 88.9 Å². The SMILES string of the molecule is COc1cc(C)nc(CC(C)C(=O)O)c1. The fraction of sp³-hybridized carbons (Fsp3) is 0.455. The zero-order chi connectivity index (χ0) is 11.4. The number of aliphatic carboxylic acids is 1. The van der Waals surface area contributed by atoms with Gasteiger partial charge in [-0.15, -0.1) is 0 Å². The second kappa shape index (κ2) is 4.77. The van der Waals surface area contributed by atoms with Crippen LogP contribution in [-0.4, -0.2) is 23.2 Å². The van der Waals surface area contributed by atoms with Gasteiger partial charge in [-0.3, -0.25) is 9.78 Å². The summed E-state index contributed by atoms with van der Waals surface area (Å²) in [6.07, 6.45) is 0.424. The maximum Gasteiger partial charge on any atom is 0.306 e. The second-order valence-corrected chi connectivity index (χ2v) is 3.58. The normalized spacial score (nSPS) is 12.2. The minimum Gasteiger partial charge on any atom is -0.497 e. The summed E-state index contributed by atoms with van der Waals surface area (Å²) in [5.74, 6) is -0.517. The molecule has 15 heavy (non-hydrogen) atoms. The van der Waals surface area contributed by atoms with Crippen molar-refractivity contribution >= 4 is 5.97 Å². The lowest BCUT2D eigenvalue weighted by Crippen LogP contribution is -2.13. The van der Waals surface area contributed by atoms with Gasteiger partial charge in [-0.2, -0.15) is 0 Å². The Bertz CT molecular complexity index is 363. The number of carbonyl (C=O) groups is 1. The van der Waals surface area contributed by atoms with Crippen LogP contribution in [0.2, 0.25) is 0 Å². The van der Waals surface area contributed by atoms with Crippen molar-refractivity contribution < 1.29 is 14.6 Å². The Hall–Kier alpha value is -1.58. The maximum atomic E-state index is 10.7. The first kappa shape index (κ1) is 11.5. The van der Waals surface area contributed by atoms with Crippen molar-refractivity contribution in [2.24, 2.45) is 5.92 Å². The number of carboxylic acid groups (broad SMARTS) is 1. The Kier molecular flexibility index (Phi) is 3.66. The largest absolute Gasteiger partial charge is 0.497 e. The van der Waals surface area contributed by atoms with Crippen molar-refractivity contribution in [1.29, 1.82) is 0 Å². The molecular formula is C11H15NO3. The number of carboxylic acids is 1. The van der Waals surface area contributed by atoms with E-state index in [2.05, 4.69) is 4.98 Å². The van der Waals surface area contributed by atoms with Gasteiger partial charge in [0.2, 0.25) is 0 Å². The van der Waals surface area contributed by atoms with E-state index < -0.39 is 11.9 Å². The molecule has 1 aromatic heterocycles. The molecule has 0 aliphatic rings. The molecule has 0 aromatic carbocycles. The second-order valence-electron chi connectivity index (χ2n) is 3.58. The lowest BCUT2D eigenvalue weighted by Gasteiger charge is -2.08. The molecule has 4 nitrogen and oxygen atoms in total. The molecule has 1 unspecified atom stereocenters. The van der Waals surface area contributed by atoms with Crippen LogP contribution in [0.4, 0.5) is 0 Å². The summed E-state index contributed by atoms with van der Waals surface area (Å²) in [7, 11) is 1.58. The molecule has 0 saturated carbocycles. The Morgan fingerprint density at radius 1 is 1.60 bits per heavy atom. The summed E-state index contributed by atoms with van der Waals surface area (Å²) < 4.78 is 5.09. The van der Waals surface area contributed by atoms with Gasteiger partial charge in [-0.1, -0.05) is 6.92 Å². The van der Waals surface area contributed by atoms with Crippen LogP contribution in [0.1, 0.15) is 18.3 Å². The predicted molar refractivity (Wildman–Crippen MR) is 56.0 cm³/mol. The van der Waals surface area contributed by atoms with Gasteiger partial charge in [0.05, 0.1) is 13.0 Å². The van der Waals surface area contributed by atoms with Gasteiger partial charge in [0, 0.05) is 29.9 Å². The molecule has 4 heteroatoms. The lowest BCUT2D eigenvalue weighted by atomic mass is 10.1. The monoisotopic (exact) mass is 209 g/mol. The highest BCUT2D eigenvalue weighted by Crippen LogP contribution is 2.16. The number of hydrogen-bond donors (Lipinski definition) is 1. The molecule has 82 valence electrons. The average Bonchev–Trinajstić information content (AvgIpc) is 2.16. The van der Waals surface area contributed by atoms with Crippen LogP contribution in [-0.2, 0) is 11.2 Å². The fourth-order valence-electron chi connectivity index (χ4n) is 1.33. The third-order valence-corrected chi connectivity index (χ3v) is 2.15. The summed E-state index contributed by atoms with van der Waals surface area (Å²) in [6, 6.07) is 3.58. The highest BCUT2D eigenvalue weighted by atomic mass is 16.5. The van der Waals surface area contributed by atoms with E-state index in [0.717, 1.165) is 17.1 Å². The molecule has 0 amide bonds. The van der Waals surface area contributed by atoms with Gasteiger partial charge >= 0.3 is 5.97 Å². The first-order chi connectivity index (χ1) is 7.02. The van der Waals surface area contributed by atoms with E-state index in [1.807, 2.05) is 13.0 Å². The Morgan fingerprint density at radius 2 is 2.27 bits per heavy atom. The average molecular weight is 209 g/mol. The molecule has 1 N–H and O–H groups in total. The molecule has 1 aromatic rings. The van der Waals surface area contributed by atoms with Crippen LogP contribution in [0.15, 0.2) is 12.1 Å². The summed E-state index contributed by atoms with van der Waals surface area (Å²) in [5.41, 5.74) is 1.59.